The number of nitrogens with zero attached hydrogens (tertiary/aromatic N) is 3. The molecule has 6 nitrogen and oxygen atoms in total. The van der Waals surface area contributed by atoms with E-state index < -0.39 is 0 Å². The van der Waals surface area contributed by atoms with Gasteiger partial charge in [-0.2, -0.15) is 0 Å². The number of carbonyl (C=O) groups is 1. The maximum atomic E-state index is 12.4. The van der Waals surface area contributed by atoms with E-state index in [4.69, 9.17) is 4.42 Å². The first-order valence-electron chi connectivity index (χ1n) is 8.49. The van der Waals surface area contributed by atoms with Crippen molar-refractivity contribution in [1.82, 2.24) is 15.1 Å². The topological polar surface area (TPSA) is 71.3 Å². The Hall–Kier alpha value is -2.37. The lowest BCUT2D eigenvalue weighted by Gasteiger charge is -2.30. The highest BCUT2D eigenvalue weighted by atomic mass is 16.4. The van der Waals surface area contributed by atoms with Crippen LogP contribution in [0.5, 0.6) is 0 Å². The van der Waals surface area contributed by atoms with Crippen LogP contribution >= 0.6 is 0 Å². The first-order valence-corrected chi connectivity index (χ1v) is 8.49. The fourth-order valence-electron chi connectivity index (χ4n) is 2.81. The molecule has 1 fully saturated rings. The standard InChI is InChI=1S/C18H24N4O2/c1-12(2)16-20-21-17(24-16)14-8-10-22(11-9-14)18(23)19-15-6-4-13(3)5-7-15/h4-7,12,14H,8-11H2,1-3H3,(H,19,23). The van der Waals surface area contributed by atoms with Gasteiger partial charge in [0.05, 0.1) is 0 Å². The van der Waals surface area contributed by atoms with E-state index in [0.29, 0.717) is 24.9 Å². The van der Waals surface area contributed by atoms with Crippen molar-refractivity contribution in [3.05, 3.63) is 41.6 Å². The minimum atomic E-state index is -0.0503. The first kappa shape index (κ1) is 16.5. The largest absolute Gasteiger partial charge is 0.425 e. The van der Waals surface area contributed by atoms with Crippen molar-refractivity contribution in [2.24, 2.45) is 0 Å². The lowest BCUT2D eigenvalue weighted by molar-refractivity contribution is 0.189. The third kappa shape index (κ3) is 3.75. The number of amides is 2. The quantitative estimate of drug-likeness (QED) is 0.927. The fraction of sp³-hybridized carbons (Fsp3) is 0.500. The molecule has 3 rings (SSSR count). The molecule has 6 heteroatoms. The Balaban J connectivity index is 1.54. The molecule has 1 aromatic heterocycles. The van der Waals surface area contributed by atoms with E-state index in [-0.39, 0.29) is 17.9 Å². The van der Waals surface area contributed by atoms with Gasteiger partial charge in [0.2, 0.25) is 11.8 Å². The van der Waals surface area contributed by atoms with Crippen molar-refractivity contribution in [1.29, 1.82) is 0 Å². The summed E-state index contributed by atoms with van der Waals surface area (Å²) in [6, 6.07) is 7.77. The van der Waals surface area contributed by atoms with Crippen LogP contribution in [0.4, 0.5) is 10.5 Å². The van der Waals surface area contributed by atoms with Gasteiger partial charge in [-0.15, -0.1) is 10.2 Å². The number of hydrogen-bond acceptors (Lipinski definition) is 4. The average Bonchev–Trinajstić information content (AvgIpc) is 3.07. The summed E-state index contributed by atoms with van der Waals surface area (Å²) >= 11 is 0. The van der Waals surface area contributed by atoms with Crippen molar-refractivity contribution in [3.63, 3.8) is 0 Å². The van der Waals surface area contributed by atoms with E-state index >= 15 is 0 Å². The zero-order valence-electron chi connectivity index (χ0n) is 14.5. The third-order valence-corrected chi connectivity index (χ3v) is 4.38. The zero-order chi connectivity index (χ0) is 17.1. The summed E-state index contributed by atoms with van der Waals surface area (Å²) in [4.78, 5) is 14.2. The predicted octanol–water partition coefficient (Wildman–Crippen LogP) is 3.91. The van der Waals surface area contributed by atoms with Gasteiger partial charge in [-0.25, -0.2) is 4.79 Å². The lowest BCUT2D eigenvalue weighted by atomic mass is 9.97. The van der Waals surface area contributed by atoms with Crippen molar-refractivity contribution >= 4 is 11.7 Å². The molecule has 1 aliphatic rings. The number of aromatic nitrogens is 2. The molecular formula is C18H24N4O2. The Bertz CT molecular complexity index is 685. The van der Waals surface area contributed by atoms with Gasteiger partial charge in [-0.1, -0.05) is 31.5 Å². The molecule has 1 N–H and O–H groups in total. The second kappa shape index (κ2) is 7.03. The lowest BCUT2D eigenvalue weighted by Crippen LogP contribution is -2.40. The Labute approximate surface area is 142 Å². The number of aryl methyl sites for hydroxylation is 1. The Morgan fingerprint density at radius 1 is 1.21 bits per heavy atom. The van der Waals surface area contributed by atoms with Crippen LogP contribution in [0.2, 0.25) is 0 Å². The molecule has 0 radical (unpaired) electrons. The van der Waals surface area contributed by atoms with Crippen molar-refractivity contribution in [3.8, 4) is 0 Å². The van der Waals surface area contributed by atoms with Crippen LogP contribution in [-0.4, -0.2) is 34.2 Å². The number of rotatable bonds is 3. The number of piperidine rings is 1. The summed E-state index contributed by atoms with van der Waals surface area (Å²) in [6.07, 6.45) is 1.70. The van der Waals surface area contributed by atoms with E-state index in [1.807, 2.05) is 49.9 Å². The summed E-state index contributed by atoms with van der Waals surface area (Å²) in [5.41, 5.74) is 2.00. The van der Waals surface area contributed by atoms with Gasteiger partial charge in [0.1, 0.15) is 0 Å². The van der Waals surface area contributed by atoms with Gasteiger partial charge in [-0.05, 0) is 31.9 Å². The highest BCUT2D eigenvalue weighted by Crippen LogP contribution is 2.28. The summed E-state index contributed by atoms with van der Waals surface area (Å²) in [6.45, 7) is 7.49. The SMILES string of the molecule is Cc1ccc(NC(=O)N2CCC(c3nnc(C(C)C)o3)CC2)cc1. The normalized spacial score (nSPS) is 15.8. The minimum Gasteiger partial charge on any atom is -0.425 e. The monoisotopic (exact) mass is 328 g/mol. The van der Waals surface area contributed by atoms with Crippen LogP contribution in [0.25, 0.3) is 0 Å². The predicted molar refractivity (Wildman–Crippen MR) is 92.1 cm³/mol. The van der Waals surface area contributed by atoms with Crippen LogP contribution in [0, 0.1) is 6.92 Å². The molecular weight excluding hydrogens is 304 g/mol. The van der Waals surface area contributed by atoms with E-state index in [1.54, 1.807) is 0 Å². The Morgan fingerprint density at radius 2 is 1.88 bits per heavy atom. The van der Waals surface area contributed by atoms with Crippen LogP contribution in [0.15, 0.2) is 28.7 Å². The minimum absolute atomic E-state index is 0.0503. The molecule has 128 valence electrons. The molecule has 2 amide bonds. The van der Waals surface area contributed by atoms with Crippen LogP contribution in [0.1, 0.15) is 55.9 Å². The smallest absolute Gasteiger partial charge is 0.321 e. The second-order valence-electron chi connectivity index (χ2n) is 6.69. The molecule has 0 spiro atoms. The van der Waals surface area contributed by atoms with Crippen molar-refractivity contribution < 1.29 is 9.21 Å². The molecule has 2 aromatic rings. The maximum Gasteiger partial charge on any atom is 0.321 e. The number of benzene rings is 1. The van der Waals surface area contributed by atoms with Crippen molar-refractivity contribution in [2.75, 3.05) is 18.4 Å². The van der Waals surface area contributed by atoms with Gasteiger partial charge in [-0.3, -0.25) is 0 Å². The molecule has 1 aliphatic heterocycles. The Kier molecular flexibility index (Phi) is 4.83. The van der Waals surface area contributed by atoms with E-state index in [9.17, 15) is 4.79 Å². The molecule has 0 saturated carbocycles. The average molecular weight is 328 g/mol. The molecule has 1 saturated heterocycles. The summed E-state index contributed by atoms with van der Waals surface area (Å²) in [7, 11) is 0. The van der Waals surface area contributed by atoms with Gasteiger partial charge < -0.3 is 14.6 Å². The van der Waals surface area contributed by atoms with Gasteiger partial charge in [0.25, 0.3) is 0 Å². The van der Waals surface area contributed by atoms with Crippen LogP contribution in [-0.2, 0) is 0 Å². The zero-order valence-corrected chi connectivity index (χ0v) is 14.5. The number of likely N-dealkylation sites (tertiary alicyclic amines) is 1. The maximum absolute atomic E-state index is 12.4. The Morgan fingerprint density at radius 3 is 2.46 bits per heavy atom. The number of hydrogen-bond donors (Lipinski definition) is 1. The molecule has 2 heterocycles. The molecule has 1 aromatic carbocycles. The highest BCUT2D eigenvalue weighted by molar-refractivity contribution is 5.89. The molecule has 24 heavy (non-hydrogen) atoms. The van der Waals surface area contributed by atoms with E-state index in [2.05, 4.69) is 15.5 Å². The summed E-state index contributed by atoms with van der Waals surface area (Å²) in [5, 5.41) is 11.2. The molecule has 0 unspecified atom stereocenters. The van der Waals surface area contributed by atoms with Crippen LogP contribution < -0.4 is 5.32 Å². The van der Waals surface area contributed by atoms with Crippen molar-refractivity contribution in [2.45, 2.75) is 45.4 Å². The van der Waals surface area contributed by atoms with Crippen LogP contribution in [0.3, 0.4) is 0 Å². The van der Waals surface area contributed by atoms with Gasteiger partial charge in [0.15, 0.2) is 0 Å². The third-order valence-electron chi connectivity index (χ3n) is 4.38. The van der Waals surface area contributed by atoms with Gasteiger partial charge >= 0.3 is 6.03 Å². The summed E-state index contributed by atoms with van der Waals surface area (Å²) < 4.78 is 5.75. The van der Waals surface area contributed by atoms with Gasteiger partial charge in [0, 0.05) is 30.6 Å². The number of anilines is 1. The molecule has 0 atom stereocenters. The number of nitrogens with one attached hydrogen (secondary N) is 1. The first-order chi connectivity index (χ1) is 11.5. The summed E-state index contributed by atoms with van der Waals surface area (Å²) in [5.74, 6) is 1.88. The highest BCUT2D eigenvalue weighted by Gasteiger charge is 2.27. The van der Waals surface area contributed by atoms with E-state index in [1.165, 1.54) is 5.56 Å². The molecule has 0 bridgehead atoms. The van der Waals surface area contributed by atoms with E-state index in [0.717, 1.165) is 18.5 Å². The number of carbonyl (C=O) groups excluding carboxylic acids is 1. The second-order valence-corrected chi connectivity index (χ2v) is 6.69. The fourth-order valence-corrected chi connectivity index (χ4v) is 2.81. The number of urea groups is 1. The molecule has 0 aliphatic carbocycles.